The van der Waals surface area contributed by atoms with Crippen molar-refractivity contribution in [1.29, 1.82) is 0 Å². The Kier molecular flexibility index (Phi) is 7.99. The molecule has 0 radical (unpaired) electrons. The van der Waals surface area contributed by atoms with E-state index in [2.05, 4.69) is 31.8 Å². The number of nitrogens with zero attached hydrogens (tertiary/aromatic N) is 1. The first kappa shape index (κ1) is 23.5. The number of rotatable bonds is 5. The van der Waals surface area contributed by atoms with Crippen LogP contribution in [-0.2, 0) is 9.59 Å². The van der Waals surface area contributed by atoms with Crippen molar-refractivity contribution in [3.05, 3.63) is 92.4 Å². The van der Waals surface area contributed by atoms with E-state index < -0.39 is 17.8 Å². The summed E-state index contributed by atoms with van der Waals surface area (Å²) in [6.07, 6.45) is 1.25. The monoisotopic (exact) mass is 533 g/mol. The van der Waals surface area contributed by atoms with Crippen molar-refractivity contribution in [2.24, 2.45) is 5.10 Å². The predicted octanol–water partition coefficient (Wildman–Crippen LogP) is 5.06. The molecule has 2 N–H and O–H groups in total. The number of esters is 1. The third-order valence-corrected chi connectivity index (χ3v) is 5.17. The normalized spacial score (nSPS) is 10.6. The maximum Gasteiger partial charge on any atom is 0.343 e. The van der Waals surface area contributed by atoms with E-state index in [9.17, 15) is 14.4 Å². The zero-order valence-electron chi connectivity index (χ0n) is 16.1. The van der Waals surface area contributed by atoms with Crippen LogP contribution in [0.1, 0.15) is 15.9 Å². The highest BCUT2D eigenvalue weighted by Crippen LogP contribution is 2.25. The van der Waals surface area contributed by atoms with Crippen LogP contribution < -0.4 is 15.5 Å². The molecule has 32 heavy (non-hydrogen) atoms. The van der Waals surface area contributed by atoms with Crippen molar-refractivity contribution in [3.63, 3.8) is 0 Å². The van der Waals surface area contributed by atoms with E-state index in [0.29, 0.717) is 26.3 Å². The number of halogens is 3. The summed E-state index contributed by atoms with van der Waals surface area (Å²) in [7, 11) is 0. The number of benzene rings is 3. The number of hydrogen-bond acceptors (Lipinski definition) is 5. The molecular weight excluding hydrogens is 521 g/mol. The summed E-state index contributed by atoms with van der Waals surface area (Å²) < 4.78 is 6.12. The van der Waals surface area contributed by atoms with Crippen LogP contribution in [0.15, 0.2) is 76.3 Å². The highest BCUT2D eigenvalue weighted by Gasteiger charge is 2.14. The van der Waals surface area contributed by atoms with Crippen molar-refractivity contribution >= 4 is 68.8 Å². The maximum absolute atomic E-state index is 12.3. The fraction of sp³-hybridized carbons (Fsp3) is 0. The molecule has 0 aliphatic rings. The Morgan fingerprint density at radius 3 is 2.38 bits per heavy atom. The van der Waals surface area contributed by atoms with E-state index in [-0.39, 0.29) is 10.8 Å². The molecule has 162 valence electrons. The second-order valence-corrected chi connectivity index (χ2v) is 7.95. The van der Waals surface area contributed by atoms with Crippen LogP contribution in [0.3, 0.4) is 0 Å². The average Bonchev–Trinajstić information content (AvgIpc) is 2.78. The number of carbonyl (C=O) groups excluding carboxylic acids is 3. The summed E-state index contributed by atoms with van der Waals surface area (Å²) in [6.45, 7) is 0. The number of carbonyl (C=O) groups is 3. The molecule has 0 saturated heterocycles. The lowest BCUT2D eigenvalue weighted by Gasteiger charge is -2.08. The Balaban J connectivity index is 1.65. The van der Waals surface area contributed by atoms with Gasteiger partial charge in [0, 0.05) is 15.7 Å². The summed E-state index contributed by atoms with van der Waals surface area (Å²) in [4.78, 5) is 36.4. The number of anilines is 1. The number of amides is 2. The SMILES string of the molecule is O=C(NN=Cc1cc(Br)ccc1OC(=O)c1ccccc1)C(=O)Nc1ccc(Cl)c(Cl)c1. The smallest absolute Gasteiger partial charge is 0.343 e. The Morgan fingerprint density at radius 1 is 0.906 bits per heavy atom. The quantitative estimate of drug-likeness (QED) is 0.157. The maximum atomic E-state index is 12.3. The van der Waals surface area contributed by atoms with E-state index >= 15 is 0 Å². The summed E-state index contributed by atoms with van der Waals surface area (Å²) in [5, 5.41) is 6.70. The number of hydrazone groups is 1. The Morgan fingerprint density at radius 2 is 1.66 bits per heavy atom. The molecule has 0 heterocycles. The van der Waals surface area contributed by atoms with Crippen LogP contribution in [0.4, 0.5) is 5.69 Å². The molecular formula is C22H14BrCl2N3O4. The van der Waals surface area contributed by atoms with Gasteiger partial charge >= 0.3 is 17.8 Å². The van der Waals surface area contributed by atoms with Gasteiger partial charge in [-0.25, -0.2) is 10.2 Å². The Hall–Kier alpha value is -3.20. The van der Waals surface area contributed by atoms with E-state index in [0.717, 1.165) is 0 Å². The van der Waals surface area contributed by atoms with E-state index in [1.807, 2.05) is 0 Å². The summed E-state index contributed by atoms with van der Waals surface area (Å²) in [6, 6.07) is 17.8. The van der Waals surface area contributed by atoms with E-state index in [4.69, 9.17) is 27.9 Å². The van der Waals surface area contributed by atoms with Gasteiger partial charge in [-0.05, 0) is 48.5 Å². The predicted molar refractivity (Wildman–Crippen MR) is 126 cm³/mol. The minimum atomic E-state index is -1.01. The third kappa shape index (κ3) is 6.40. The van der Waals surface area contributed by atoms with Gasteiger partial charge in [0.2, 0.25) is 0 Å². The standard InChI is InChI=1S/C22H14BrCl2N3O4/c23-15-6-9-19(32-22(31)13-4-2-1-3-5-13)14(10-15)12-26-28-21(30)20(29)27-16-7-8-17(24)18(25)11-16/h1-12H,(H,27,29)(H,28,30). The largest absolute Gasteiger partial charge is 0.422 e. The third-order valence-electron chi connectivity index (χ3n) is 3.94. The summed E-state index contributed by atoms with van der Waals surface area (Å²) >= 11 is 15.0. The van der Waals surface area contributed by atoms with Gasteiger partial charge in [-0.15, -0.1) is 0 Å². The van der Waals surface area contributed by atoms with Crippen LogP contribution in [0.2, 0.25) is 10.0 Å². The second-order valence-electron chi connectivity index (χ2n) is 6.22. The fourth-order valence-electron chi connectivity index (χ4n) is 2.42. The molecule has 0 unspecified atom stereocenters. The molecule has 0 aliphatic carbocycles. The van der Waals surface area contributed by atoms with Crippen LogP contribution >= 0.6 is 39.1 Å². The summed E-state index contributed by atoms with van der Waals surface area (Å²) in [5.41, 5.74) is 3.19. The average molecular weight is 535 g/mol. The first-order valence-electron chi connectivity index (χ1n) is 8.99. The van der Waals surface area contributed by atoms with E-state index in [1.54, 1.807) is 48.5 Å². The molecule has 2 amide bonds. The summed E-state index contributed by atoms with van der Waals surface area (Å²) in [5.74, 6) is -2.29. The molecule has 0 aliphatic heterocycles. The van der Waals surface area contributed by atoms with Gasteiger partial charge < -0.3 is 10.1 Å². The van der Waals surface area contributed by atoms with Crippen molar-refractivity contribution in [2.45, 2.75) is 0 Å². The topological polar surface area (TPSA) is 96.9 Å². The molecule has 3 rings (SSSR count). The number of hydrogen-bond donors (Lipinski definition) is 2. The molecule has 0 spiro atoms. The number of ether oxygens (including phenoxy) is 1. The highest BCUT2D eigenvalue weighted by atomic mass is 79.9. The van der Waals surface area contributed by atoms with Crippen molar-refractivity contribution in [2.75, 3.05) is 5.32 Å². The highest BCUT2D eigenvalue weighted by molar-refractivity contribution is 9.10. The molecule has 0 saturated carbocycles. The molecule has 3 aromatic carbocycles. The van der Waals surface area contributed by atoms with Gasteiger partial charge in [0.15, 0.2) is 0 Å². The van der Waals surface area contributed by atoms with E-state index in [1.165, 1.54) is 24.4 Å². The van der Waals surface area contributed by atoms with Crippen LogP contribution in [0.5, 0.6) is 5.75 Å². The first-order chi connectivity index (χ1) is 15.3. The van der Waals surface area contributed by atoms with Crippen molar-refractivity contribution in [3.8, 4) is 5.75 Å². The lowest BCUT2D eigenvalue weighted by Crippen LogP contribution is -2.32. The zero-order valence-corrected chi connectivity index (χ0v) is 19.2. The van der Waals surface area contributed by atoms with Crippen LogP contribution in [0.25, 0.3) is 0 Å². The van der Waals surface area contributed by atoms with Gasteiger partial charge in [0.05, 0.1) is 21.8 Å². The van der Waals surface area contributed by atoms with Gasteiger partial charge in [-0.1, -0.05) is 57.3 Å². The molecule has 10 heteroatoms. The van der Waals surface area contributed by atoms with Gasteiger partial charge in [-0.3, -0.25) is 9.59 Å². The minimum absolute atomic E-state index is 0.223. The lowest BCUT2D eigenvalue weighted by molar-refractivity contribution is -0.136. The fourth-order valence-corrected chi connectivity index (χ4v) is 3.10. The molecule has 0 atom stereocenters. The molecule has 0 fully saturated rings. The molecule has 0 bridgehead atoms. The molecule has 3 aromatic rings. The second kappa shape index (κ2) is 10.9. The minimum Gasteiger partial charge on any atom is -0.422 e. The van der Waals surface area contributed by atoms with Crippen LogP contribution in [0, 0.1) is 0 Å². The number of nitrogens with one attached hydrogen (secondary N) is 2. The van der Waals surface area contributed by atoms with Crippen molar-refractivity contribution in [1.82, 2.24) is 5.43 Å². The van der Waals surface area contributed by atoms with Gasteiger partial charge in [0.1, 0.15) is 5.75 Å². The van der Waals surface area contributed by atoms with Gasteiger partial charge in [0.25, 0.3) is 0 Å². The Bertz CT molecular complexity index is 1200. The van der Waals surface area contributed by atoms with Crippen molar-refractivity contribution < 1.29 is 19.1 Å². The lowest BCUT2D eigenvalue weighted by atomic mass is 10.2. The Labute approximate surface area is 201 Å². The molecule has 0 aromatic heterocycles. The first-order valence-corrected chi connectivity index (χ1v) is 10.5. The van der Waals surface area contributed by atoms with Gasteiger partial charge in [-0.2, -0.15) is 5.10 Å². The van der Waals surface area contributed by atoms with Crippen LogP contribution in [-0.4, -0.2) is 24.0 Å². The molecule has 7 nitrogen and oxygen atoms in total. The zero-order chi connectivity index (χ0) is 23.1.